The molecule has 1 aromatic rings. The van der Waals surface area contributed by atoms with E-state index in [2.05, 4.69) is 12.2 Å². The van der Waals surface area contributed by atoms with Crippen molar-refractivity contribution in [1.82, 2.24) is 0 Å². The highest BCUT2D eigenvalue weighted by atomic mass is 16.4. The van der Waals surface area contributed by atoms with Gasteiger partial charge < -0.3 is 14.8 Å². The Labute approximate surface area is 101 Å². The number of carboxylic acids is 1. The van der Waals surface area contributed by atoms with Crippen molar-refractivity contribution in [2.45, 2.75) is 45.1 Å². The summed E-state index contributed by atoms with van der Waals surface area (Å²) in [6, 6.07) is 3.60. The van der Waals surface area contributed by atoms with Crippen LogP contribution in [0.2, 0.25) is 0 Å². The van der Waals surface area contributed by atoms with Gasteiger partial charge in [0.1, 0.15) is 0 Å². The van der Waals surface area contributed by atoms with Crippen LogP contribution in [0.5, 0.6) is 0 Å². The summed E-state index contributed by atoms with van der Waals surface area (Å²) in [7, 11) is 0. The monoisotopic (exact) mass is 237 g/mol. The topological polar surface area (TPSA) is 62.5 Å². The molecule has 2 unspecified atom stereocenters. The van der Waals surface area contributed by atoms with Crippen molar-refractivity contribution in [3.05, 3.63) is 17.9 Å². The van der Waals surface area contributed by atoms with E-state index in [9.17, 15) is 4.79 Å². The van der Waals surface area contributed by atoms with Crippen molar-refractivity contribution in [2.24, 2.45) is 5.92 Å². The highest BCUT2D eigenvalue weighted by molar-refractivity contribution is 5.84. The number of carboxylic acid groups (broad SMARTS) is 1. The highest BCUT2D eigenvalue weighted by Gasteiger charge is 2.21. The fraction of sp³-hybridized carbons (Fsp3) is 0.615. The molecule has 2 N–H and O–H groups in total. The van der Waals surface area contributed by atoms with Crippen LogP contribution in [0.15, 0.2) is 16.5 Å². The summed E-state index contributed by atoms with van der Waals surface area (Å²) in [6.07, 6.45) is 6.06. The van der Waals surface area contributed by atoms with E-state index in [0.717, 1.165) is 18.8 Å². The number of rotatable bonds is 4. The molecular weight excluding hydrogens is 218 g/mol. The van der Waals surface area contributed by atoms with Crippen molar-refractivity contribution >= 4 is 11.9 Å². The molecule has 1 fully saturated rings. The van der Waals surface area contributed by atoms with Gasteiger partial charge in [-0.2, -0.15) is 0 Å². The summed E-state index contributed by atoms with van der Waals surface area (Å²) in [6.45, 7) is 2.22. The summed E-state index contributed by atoms with van der Waals surface area (Å²) < 4.78 is 5.21. The van der Waals surface area contributed by atoms with E-state index in [1.807, 2.05) is 0 Å². The molecule has 4 nitrogen and oxygen atoms in total. The number of hydrogen-bond acceptors (Lipinski definition) is 3. The molecule has 0 saturated heterocycles. The molecular formula is C13H19NO3. The van der Waals surface area contributed by atoms with Crippen LogP contribution in [-0.2, 0) is 0 Å². The van der Waals surface area contributed by atoms with Crippen molar-refractivity contribution < 1.29 is 14.3 Å². The molecule has 2 atom stereocenters. The quantitative estimate of drug-likeness (QED) is 0.842. The van der Waals surface area contributed by atoms with Gasteiger partial charge in [-0.25, -0.2) is 4.79 Å². The summed E-state index contributed by atoms with van der Waals surface area (Å²) >= 11 is 0. The summed E-state index contributed by atoms with van der Waals surface area (Å²) in [4.78, 5) is 10.7. The maximum absolute atomic E-state index is 10.7. The van der Waals surface area contributed by atoms with Crippen LogP contribution in [0, 0.1) is 5.92 Å². The maximum atomic E-state index is 10.7. The van der Waals surface area contributed by atoms with Crippen molar-refractivity contribution in [3.63, 3.8) is 0 Å². The second-order valence-corrected chi connectivity index (χ2v) is 4.75. The van der Waals surface area contributed by atoms with Gasteiger partial charge in [-0.1, -0.05) is 26.2 Å². The van der Waals surface area contributed by atoms with E-state index in [4.69, 9.17) is 9.52 Å². The maximum Gasteiger partial charge on any atom is 0.371 e. The highest BCUT2D eigenvalue weighted by Crippen LogP contribution is 2.29. The predicted molar refractivity (Wildman–Crippen MR) is 65.3 cm³/mol. The van der Waals surface area contributed by atoms with Gasteiger partial charge in [0.25, 0.3) is 0 Å². The summed E-state index contributed by atoms with van der Waals surface area (Å²) in [5, 5.41) is 12.1. The predicted octanol–water partition coefficient (Wildman–Crippen LogP) is 3.36. The first-order valence-electron chi connectivity index (χ1n) is 6.28. The van der Waals surface area contributed by atoms with Gasteiger partial charge in [-0.15, -0.1) is 0 Å². The summed E-state index contributed by atoms with van der Waals surface area (Å²) in [5.41, 5.74) is 0. The van der Waals surface area contributed by atoms with Gasteiger partial charge in [0, 0.05) is 12.1 Å². The van der Waals surface area contributed by atoms with Crippen molar-refractivity contribution in [3.8, 4) is 0 Å². The number of nitrogens with one attached hydrogen (secondary N) is 1. The summed E-state index contributed by atoms with van der Waals surface area (Å²) in [5.74, 6) is 0.336. The van der Waals surface area contributed by atoms with Crippen LogP contribution in [0.4, 0.5) is 5.88 Å². The zero-order valence-corrected chi connectivity index (χ0v) is 10.1. The molecule has 0 spiro atoms. The lowest BCUT2D eigenvalue weighted by atomic mass is 9.84. The first-order valence-corrected chi connectivity index (χ1v) is 6.28. The Morgan fingerprint density at radius 2 is 2.35 bits per heavy atom. The minimum atomic E-state index is -1.02. The Balaban J connectivity index is 1.93. The average Bonchev–Trinajstić information content (AvgIpc) is 2.78. The van der Waals surface area contributed by atoms with Crippen LogP contribution >= 0.6 is 0 Å². The van der Waals surface area contributed by atoms with Crippen LogP contribution in [0.1, 0.15) is 49.6 Å². The van der Waals surface area contributed by atoms with Gasteiger partial charge in [-0.3, -0.25) is 0 Å². The van der Waals surface area contributed by atoms with Gasteiger partial charge >= 0.3 is 5.97 Å². The Morgan fingerprint density at radius 3 is 3.00 bits per heavy atom. The molecule has 94 valence electrons. The third-order valence-corrected chi connectivity index (χ3v) is 3.52. The number of anilines is 1. The van der Waals surface area contributed by atoms with Gasteiger partial charge in [0.05, 0.1) is 0 Å². The molecule has 0 aliphatic heterocycles. The molecule has 2 rings (SSSR count). The normalized spacial score (nSPS) is 24.5. The molecule has 1 heterocycles. The fourth-order valence-corrected chi connectivity index (χ4v) is 2.52. The average molecular weight is 237 g/mol. The van der Waals surface area contributed by atoms with E-state index in [0.29, 0.717) is 11.9 Å². The molecule has 1 aromatic heterocycles. The number of carbonyl (C=O) groups is 1. The third kappa shape index (κ3) is 3.02. The number of furan rings is 1. The van der Waals surface area contributed by atoms with Crippen LogP contribution in [-0.4, -0.2) is 17.1 Å². The lowest BCUT2D eigenvalue weighted by Gasteiger charge is -2.28. The SMILES string of the molecule is CCC1CCCC(Nc2ccc(C(=O)O)o2)C1. The second kappa shape index (κ2) is 5.25. The molecule has 17 heavy (non-hydrogen) atoms. The van der Waals surface area contributed by atoms with E-state index < -0.39 is 5.97 Å². The Kier molecular flexibility index (Phi) is 3.71. The molecule has 4 heteroatoms. The minimum absolute atomic E-state index is 0.00430. The first kappa shape index (κ1) is 12.0. The fourth-order valence-electron chi connectivity index (χ4n) is 2.52. The zero-order chi connectivity index (χ0) is 12.3. The molecule has 0 bridgehead atoms. The standard InChI is InChI=1S/C13H19NO3/c1-2-9-4-3-5-10(8-9)14-12-7-6-11(17-12)13(15)16/h6-7,9-10,14H,2-5,8H2,1H3,(H,15,16). The smallest absolute Gasteiger partial charge is 0.371 e. The largest absolute Gasteiger partial charge is 0.475 e. The van der Waals surface area contributed by atoms with Gasteiger partial charge in [0.15, 0.2) is 5.88 Å². The second-order valence-electron chi connectivity index (χ2n) is 4.75. The Hall–Kier alpha value is -1.45. The van der Waals surface area contributed by atoms with Gasteiger partial charge in [-0.05, 0) is 24.8 Å². The molecule has 0 aromatic carbocycles. The Morgan fingerprint density at radius 1 is 1.53 bits per heavy atom. The number of aromatic carboxylic acids is 1. The number of hydrogen-bond donors (Lipinski definition) is 2. The lowest BCUT2D eigenvalue weighted by Crippen LogP contribution is -2.26. The van der Waals surface area contributed by atoms with Crippen molar-refractivity contribution in [1.29, 1.82) is 0 Å². The first-order chi connectivity index (χ1) is 8.19. The molecule has 1 aliphatic carbocycles. The zero-order valence-electron chi connectivity index (χ0n) is 10.1. The van der Waals surface area contributed by atoms with Crippen LogP contribution < -0.4 is 5.32 Å². The van der Waals surface area contributed by atoms with E-state index in [1.54, 1.807) is 6.07 Å². The molecule has 0 radical (unpaired) electrons. The van der Waals surface area contributed by atoms with Crippen LogP contribution in [0.3, 0.4) is 0 Å². The minimum Gasteiger partial charge on any atom is -0.475 e. The van der Waals surface area contributed by atoms with Crippen LogP contribution in [0.25, 0.3) is 0 Å². The lowest BCUT2D eigenvalue weighted by molar-refractivity contribution is 0.0663. The van der Waals surface area contributed by atoms with E-state index >= 15 is 0 Å². The molecule has 1 aliphatic rings. The third-order valence-electron chi connectivity index (χ3n) is 3.52. The molecule has 1 saturated carbocycles. The van der Waals surface area contributed by atoms with Gasteiger partial charge in [0.2, 0.25) is 5.76 Å². The van der Waals surface area contributed by atoms with E-state index in [1.165, 1.54) is 25.3 Å². The molecule has 0 amide bonds. The van der Waals surface area contributed by atoms with Crippen molar-refractivity contribution in [2.75, 3.05) is 5.32 Å². The van der Waals surface area contributed by atoms with E-state index in [-0.39, 0.29) is 5.76 Å². The Bertz CT molecular complexity index is 386.